The second kappa shape index (κ2) is 6.62. The lowest BCUT2D eigenvalue weighted by molar-refractivity contribution is -0.131. The zero-order valence-electron chi connectivity index (χ0n) is 13.3. The molecular formula is C16H20N4O2S. The lowest BCUT2D eigenvalue weighted by Crippen LogP contribution is -2.40. The normalized spacial score (nSPS) is 18.2. The zero-order chi connectivity index (χ0) is 16.4. The Bertz CT molecular complexity index is 767. The van der Waals surface area contributed by atoms with Crippen molar-refractivity contribution in [2.24, 2.45) is 0 Å². The van der Waals surface area contributed by atoms with Crippen LogP contribution >= 0.6 is 11.3 Å². The molecule has 1 saturated heterocycles. The van der Waals surface area contributed by atoms with Gasteiger partial charge in [-0.2, -0.15) is 0 Å². The van der Waals surface area contributed by atoms with Crippen LogP contribution in [0.25, 0.3) is 0 Å². The lowest BCUT2D eigenvalue weighted by atomic mass is 9.94. The Kier molecular flexibility index (Phi) is 4.56. The summed E-state index contributed by atoms with van der Waals surface area (Å²) in [5.41, 5.74) is 1.49. The average molecular weight is 332 g/mol. The maximum atomic E-state index is 12.6. The van der Waals surface area contributed by atoms with Gasteiger partial charge in [0.25, 0.3) is 0 Å². The number of rotatable bonds is 3. The number of amides is 1. The second-order valence-corrected chi connectivity index (χ2v) is 7.22. The predicted octanol–water partition coefficient (Wildman–Crippen LogP) is 1.79. The van der Waals surface area contributed by atoms with E-state index in [2.05, 4.69) is 15.0 Å². The second-order valence-electron chi connectivity index (χ2n) is 5.93. The number of aromatic nitrogens is 3. The molecule has 7 heteroatoms. The minimum Gasteiger partial charge on any atom is -0.342 e. The number of thiazole rings is 1. The van der Waals surface area contributed by atoms with Gasteiger partial charge in [-0.3, -0.25) is 4.79 Å². The molecule has 3 rings (SSSR count). The number of nitrogens with zero attached hydrogens (tertiary/aromatic N) is 3. The van der Waals surface area contributed by atoms with E-state index in [0.717, 1.165) is 40.7 Å². The first-order valence-corrected chi connectivity index (χ1v) is 8.60. The largest absolute Gasteiger partial charge is 0.345 e. The molecule has 122 valence electrons. The summed E-state index contributed by atoms with van der Waals surface area (Å²) in [6, 6.07) is 1.83. The van der Waals surface area contributed by atoms with Crippen molar-refractivity contribution in [3.05, 3.63) is 44.0 Å². The first kappa shape index (κ1) is 15.9. The molecule has 1 fully saturated rings. The summed E-state index contributed by atoms with van der Waals surface area (Å²) in [5, 5.41) is 0.996. The van der Waals surface area contributed by atoms with Gasteiger partial charge in [0, 0.05) is 35.8 Å². The van der Waals surface area contributed by atoms with Crippen LogP contribution in [0.5, 0.6) is 0 Å². The zero-order valence-corrected chi connectivity index (χ0v) is 14.2. The van der Waals surface area contributed by atoms with E-state index in [9.17, 15) is 9.59 Å². The van der Waals surface area contributed by atoms with Gasteiger partial charge in [0.1, 0.15) is 0 Å². The summed E-state index contributed by atoms with van der Waals surface area (Å²) in [5.74, 6) is 0.311. The molecule has 23 heavy (non-hydrogen) atoms. The maximum Gasteiger partial charge on any atom is 0.345 e. The standard InChI is InChI=1S/C16H20N4O2S/c1-10-14(23-11(2)18-10)8-15(21)20-7-3-4-12(9-20)13-5-6-17-16(22)19-13/h5-6,12H,3-4,7-9H2,1-2H3,(H,17,19,22)/t12-/m0/s1. The van der Waals surface area contributed by atoms with Crippen LogP contribution in [0.3, 0.4) is 0 Å². The van der Waals surface area contributed by atoms with E-state index in [1.165, 1.54) is 6.20 Å². The molecule has 1 N–H and O–H groups in total. The smallest absolute Gasteiger partial charge is 0.342 e. The summed E-state index contributed by atoms with van der Waals surface area (Å²) < 4.78 is 0. The van der Waals surface area contributed by atoms with Gasteiger partial charge in [-0.05, 0) is 32.8 Å². The highest BCUT2D eigenvalue weighted by atomic mass is 32.1. The Morgan fingerprint density at radius 3 is 3.00 bits per heavy atom. The molecule has 3 heterocycles. The van der Waals surface area contributed by atoms with Crippen molar-refractivity contribution in [3.8, 4) is 0 Å². The third-order valence-corrected chi connectivity index (χ3v) is 5.30. The molecule has 0 aliphatic carbocycles. The number of carbonyl (C=O) groups is 1. The van der Waals surface area contributed by atoms with Crippen molar-refractivity contribution in [3.63, 3.8) is 0 Å². The Balaban J connectivity index is 1.69. The molecule has 6 nitrogen and oxygen atoms in total. The minimum atomic E-state index is -0.332. The monoisotopic (exact) mass is 332 g/mol. The third-order valence-electron chi connectivity index (χ3n) is 4.22. The number of likely N-dealkylation sites (tertiary alicyclic amines) is 1. The van der Waals surface area contributed by atoms with Gasteiger partial charge in [-0.15, -0.1) is 11.3 Å². The van der Waals surface area contributed by atoms with Crippen molar-refractivity contribution < 1.29 is 4.79 Å². The summed E-state index contributed by atoms with van der Waals surface area (Å²) in [7, 11) is 0. The molecular weight excluding hydrogens is 312 g/mol. The summed E-state index contributed by atoms with van der Waals surface area (Å²) in [6.45, 7) is 5.34. The van der Waals surface area contributed by atoms with E-state index in [0.29, 0.717) is 13.0 Å². The van der Waals surface area contributed by atoms with Crippen LogP contribution < -0.4 is 5.69 Å². The summed E-state index contributed by atoms with van der Waals surface area (Å²) in [4.78, 5) is 37.8. The van der Waals surface area contributed by atoms with Crippen LogP contribution in [0.4, 0.5) is 0 Å². The number of aryl methyl sites for hydroxylation is 2. The highest BCUT2D eigenvalue weighted by Crippen LogP contribution is 2.26. The fourth-order valence-corrected chi connectivity index (χ4v) is 3.99. The maximum absolute atomic E-state index is 12.6. The number of aromatic amines is 1. The highest BCUT2D eigenvalue weighted by molar-refractivity contribution is 7.11. The molecule has 2 aromatic rings. The number of hydrogen-bond acceptors (Lipinski definition) is 5. The molecule has 1 aliphatic heterocycles. The van der Waals surface area contributed by atoms with Crippen LogP contribution in [-0.4, -0.2) is 38.8 Å². The Morgan fingerprint density at radius 1 is 1.48 bits per heavy atom. The van der Waals surface area contributed by atoms with Crippen LogP contribution in [0.15, 0.2) is 17.1 Å². The number of H-pyrrole nitrogens is 1. The number of piperidine rings is 1. The molecule has 0 bridgehead atoms. The van der Waals surface area contributed by atoms with Crippen LogP contribution in [0.2, 0.25) is 0 Å². The molecule has 0 saturated carbocycles. The van der Waals surface area contributed by atoms with Gasteiger partial charge in [0.05, 0.1) is 17.1 Å². The molecule has 0 unspecified atom stereocenters. The summed E-state index contributed by atoms with van der Waals surface area (Å²) >= 11 is 1.59. The molecule has 1 atom stereocenters. The molecule has 2 aromatic heterocycles. The average Bonchev–Trinajstić information content (AvgIpc) is 2.85. The fourth-order valence-electron chi connectivity index (χ4n) is 3.06. The SMILES string of the molecule is Cc1nc(C)c(CC(=O)N2CCC[C@H](c3ccnc(=O)[nH]3)C2)s1. The van der Waals surface area contributed by atoms with Crippen LogP contribution in [0.1, 0.15) is 40.0 Å². The topological polar surface area (TPSA) is 79.0 Å². The predicted molar refractivity (Wildman–Crippen MR) is 88.7 cm³/mol. The van der Waals surface area contributed by atoms with E-state index in [1.54, 1.807) is 11.3 Å². The van der Waals surface area contributed by atoms with Crippen molar-refractivity contribution in [1.29, 1.82) is 0 Å². The van der Waals surface area contributed by atoms with Crippen molar-refractivity contribution >= 4 is 17.2 Å². The van der Waals surface area contributed by atoms with Gasteiger partial charge in [0.15, 0.2) is 0 Å². The quantitative estimate of drug-likeness (QED) is 0.929. The summed E-state index contributed by atoms with van der Waals surface area (Å²) in [6.07, 6.45) is 3.86. The van der Waals surface area contributed by atoms with Crippen molar-refractivity contribution in [2.45, 2.75) is 39.0 Å². The highest BCUT2D eigenvalue weighted by Gasteiger charge is 2.26. The van der Waals surface area contributed by atoms with E-state index in [-0.39, 0.29) is 17.5 Å². The molecule has 1 amide bonds. The van der Waals surface area contributed by atoms with Gasteiger partial charge in [-0.25, -0.2) is 14.8 Å². The molecule has 0 aromatic carbocycles. The van der Waals surface area contributed by atoms with Crippen molar-refractivity contribution in [1.82, 2.24) is 19.9 Å². The number of nitrogens with one attached hydrogen (secondary N) is 1. The van der Waals surface area contributed by atoms with E-state index in [4.69, 9.17) is 0 Å². The van der Waals surface area contributed by atoms with Crippen LogP contribution in [-0.2, 0) is 11.2 Å². The minimum absolute atomic E-state index is 0.137. The Labute approximate surface area is 138 Å². The first-order chi connectivity index (χ1) is 11.0. The van der Waals surface area contributed by atoms with Crippen molar-refractivity contribution in [2.75, 3.05) is 13.1 Å². The van der Waals surface area contributed by atoms with E-state index in [1.807, 2.05) is 24.8 Å². The Hall–Kier alpha value is -2.02. The molecule has 0 radical (unpaired) electrons. The molecule has 0 spiro atoms. The number of hydrogen-bond donors (Lipinski definition) is 1. The number of carbonyl (C=O) groups excluding carboxylic acids is 1. The Morgan fingerprint density at radius 2 is 2.30 bits per heavy atom. The van der Waals surface area contributed by atoms with Gasteiger partial charge in [0.2, 0.25) is 5.91 Å². The van der Waals surface area contributed by atoms with E-state index >= 15 is 0 Å². The van der Waals surface area contributed by atoms with Crippen LogP contribution in [0, 0.1) is 13.8 Å². The third kappa shape index (κ3) is 3.67. The molecule has 1 aliphatic rings. The lowest BCUT2D eigenvalue weighted by Gasteiger charge is -2.32. The van der Waals surface area contributed by atoms with Gasteiger partial charge < -0.3 is 9.88 Å². The first-order valence-electron chi connectivity index (χ1n) is 7.79. The fraction of sp³-hybridized carbons (Fsp3) is 0.500. The van der Waals surface area contributed by atoms with Gasteiger partial charge in [-0.1, -0.05) is 0 Å². The van der Waals surface area contributed by atoms with Gasteiger partial charge >= 0.3 is 5.69 Å². The van der Waals surface area contributed by atoms with E-state index < -0.39 is 0 Å².